The highest BCUT2D eigenvalue weighted by Gasteiger charge is 2.25. The van der Waals surface area contributed by atoms with Gasteiger partial charge in [-0.2, -0.15) is 0 Å². The number of amides is 1. The van der Waals surface area contributed by atoms with Crippen LogP contribution in [0.3, 0.4) is 0 Å². The average molecular weight is 316 g/mol. The Morgan fingerprint density at radius 2 is 2.35 bits per heavy atom. The Kier molecular flexibility index (Phi) is 3.63. The third-order valence-corrected chi connectivity index (χ3v) is 3.70. The molecule has 6 heteroatoms. The topological polar surface area (TPSA) is 58.6 Å². The van der Waals surface area contributed by atoms with Crippen molar-refractivity contribution in [3.63, 3.8) is 0 Å². The molecule has 0 radical (unpaired) electrons. The molecule has 17 heavy (non-hydrogen) atoms. The van der Waals surface area contributed by atoms with Gasteiger partial charge in [-0.05, 0) is 25.1 Å². The number of hydrogen-bond acceptors (Lipinski definition) is 4. The van der Waals surface area contributed by atoms with Crippen molar-refractivity contribution in [2.24, 2.45) is 0 Å². The fourth-order valence-electron chi connectivity index (χ4n) is 1.36. The van der Waals surface area contributed by atoms with E-state index < -0.39 is 0 Å². The van der Waals surface area contributed by atoms with E-state index >= 15 is 0 Å². The maximum absolute atomic E-state index is 11.7. The summed E-state index contributed by atoms with van der Waals surface area (Å²) in [4.78, 5) is 12.8. The largest absolute Gasteiger partial charge is 0.480 e. The highest BCUT2D eigenvalue weighted by molar-refractivity contribution is 9.10. The first-order valence-corrected chi connectivity index (χ1v) is 6.57. The third-order valence-electron chi connectivity index (χ3n) is 2.09. The van der Waals surface area contributed by atoms with Crippen molar-refractivity contribution in [3.05, 3.63) is 33.5 Å². The molecule has 0 aliphatic carbocycles. The Bertz CT molecular complexity index is 501. The number of benzene rings is 1. The van der Waals surface area contributed by atoms with Gasteiger partial charge in [0, 0.05) is 9.37 Å². The molecule has 1 aromatic carbocycles. The zero-order valence-corrected chi connectivity index (χ0v) is 11.4. The lowest BCUT2D eigenvalue weighted by atomic mass is 10.3. The van der Waals surface area contributed by atoms with Gasteiger partial charge >= 0.3 is 0 Å². The molecule has 0 bridgehead atoms. The van der Waals surface area contributed by atoms with Gasteiger partial charge in [-0.15, -0.1) is 0 Å². The van der Waals surface area contributed by atoms with Crippen molar-refractivity contribution in [1.82, 2.24) is 0 Å². The van der Waals surface area contributed by atoms with Gasteiger partial charge in [0.2, 0.25) is 0 Å². The molecule has 2 rings (SSSR count). The molecular weight excluding hydrogens is 306 g/mol. The molecule has 0 saturated carbocycles. The standard InChI is InChI=1S/C11H10BrNO3S/c1-2-16-11(15)9-10(14)13-7-4-3-6(12)5-8(7)17-9/h3-5,15H,2H2,1H3,(H,13,14)/b11-9-. The van der Waals surface area contributed by atoms with Gasteiger partial charge in [0.05, 0.1) is 12.3 Å². The minimum absolute atomic E-state index is 0.178. The van der Waals surface area contributed by atoms with Gasteiger partial charge in [0.25, 0.3) is 11.9 Å². The molecule has 0 atom stereocenters. The number of carbonyl (C=O) groups is 1. The molecule has 0 fully saturated rings. The first-order valence-electron chi connectivity index (χ1n) is 4.96. The summed E-state index contributed by atoms with van der Waals surface area (Å²) < 4.78 is 5.85. The van der Waals surface area contributed by atoms with Crippen LogP contribution in [0, 0.1) is 0 Å². The van der Waals surface area contributed by atoms with Gasteiger partial charge in [0.15, 0.2) is 4.91 Å². The normalized spacial score (nSPS) is 17.2. The second kappa shape index (κ2) is 5.01. The minimum atomic E-state index is -0.351. The predicted octanol–water partition coefficient (Wildman–Crippen LogP) is 3.26. The van der Waals surface area contributed by atoms with Crippen LogP contribution in [0.5, 0.6) is 0 Å². The second-order valence-corrected chi connectivity index (χ2v) is 5.23. The summed E-state index contributed by atoms with van der Waals surface area (Å²) in [6.07, 6.45) is 0. The van der Waals surface area contributed by atoms with E-state index in [4.69, 9.17) is 4.74 Å². The molecular formula is C11H10BrNO3S. The predicted molar refractivity (Wildman–Crippen MR) is 69.9 cm³/mol. The SMILES string of the molecule is CCO/C(O)=C1\Sc2cc(Br)ccc2NC1=O. The Labute approximate surface area is 111 Å². The smallest absolute Gasteiger partial charge is 0.297 e. The van der Waals surface area contributed by atoms with Crippen LogP contribution in [0.25, 0.3) is 0 Å². The summed E-state index contributed by atoms with van der Waals surface area (Å²) in [5.41, 5.74) is 0.733. The van der Waals surface area contributed by atoms with Gasteiger partial charge in [-0.3, -0.25) is 4.79 Å². The van der Waals surface area contributed by atoms with E-state index in [1.54, 1.807) is 13.0 Å². The Morgan fingerprint density at radius 1 is 1.59 bits per heavy atom. The van der Waals surface area contributed by atoms with Crippen molar-refractivity contribution < 1.29 is 14.6 Å². The van der Waals surface area contributed by atoms with Crippen LogP contribution in [0.15, 0.2) is 38.4 Å². The van der Waals surface area contributed by atoms with Crippen LogP contribution in [-0.2, 0) is 9.53 Å². The van der Waals surface area contributed by atoms with E-state index in [1.165, 1.54) is 11.8 Å². The molecule has 2 N–H and O–H groups in total. The fourth-order valence-corrected chi connectivity index (χ4v) is 2.80. The van der Waals surface area contributed by atoms with Crippen LogP contribution < -0.4 is 5.32 Å². The molecule has 1 amide bonds. The van der Waals surface area contributed by atoms with Crippen molar-refractivity contribution in [3.8, 4) is 0 Å². The molecule has 90 valence electrons. The van der Waals surface area contributed by atoms with Gasteiger partial charge in [-0.25, -0.2) is 0 Å². The molecule has 1 aliphatic heterocycles. The van der Waals surface area contributed by atoms with Crippen LogP contribution >= 0.6 is 27.7 Å². The zero-order valence-electron chi connectivity index (χ0n) is 8.99. The average Bonchev–Trinajstić information content (AvgIpc) is 2.29. The molecule has 4 nitrogen and oxygen atoms in total. The van der Waals surface area contributed by atoms with Crippen molar-refractivity contribution in [1.29, 1.82) is 0 Å². The maximum atomic E-state index is 11.7. The summed E-state index contributed by atoms with van der Waals surface area (Å²) in [5, 5.41) is 12.3. The molecule has 0 spiro atoms. The highest BCUT2D eigenvalue weighted by Crippen LogP contribution is 2.40. The number of fused-ring (bicyclic) bond motifs is 1. The van der Waals surface area contributed by atoms with Gasteiger partial charge < -0.3 is 15.2 Å². The fraction of sp³-hybridized carbons (Fsp3) is 0.182. The van der Waals surface area contributed by atoms with E-state index in [0.29, 0.717) is 6.61 Å². The summed E-state index contributed by atoms with van der Waals surface area (Å²) in [7, 11) is 0. The van der Waals surface area contributed by atoms with Crippen LogP contribution in [0.1, 0.15) is 6.92 Å². The van der Waals surface area contributed by atoms with E-state index in [0.717, 1.165) is 15.1 Å². The lowest BCUT2D eigenvalue weighted by Gasteiger charge is -2.19. The Hall–Kier alpha value is -1.14. The Balaban J connectivity index is 2.38. The summed E-state index contributed by atoms with van der Waals surface area (Å²) >= 11 is 4.55. The molecule has 0 unspecified atom stereocenters. The van der Waals surface area contributed by atoms with E-state index in [1.807, 2.05) is 12.1 Å². The van der Waals surface area contributed by atoms with E-state index in [9.17, 15) is 9.90 Å². The molecule has 1 aliphatic rings. The quantitative estimate of drug-likeness (QED) is 0.649. The lowest BCUT2D eigenvalue weighted by molar-refractivity contribution is -0.112. The van der Waals surface area contributed by atoms with Crippen LogP contribution in [0.2, 0.25) is 0 Å². The van der Waals surface area contributed by atoms with Gasteiger partial charge in [0.1, 0.15) is 0 Å². The number of rotatable bonds is 2. The highest BCUT2D eigenvalue weighted by atomic mass is 79.9. The molecule has 1 heterocycles. The molecule has 0 aromatic heterocycles. The molecule has 1 aromatic rings. The van der Waals surface area contributed by atoms with Crippen molar-refractivity contribution >= 4 is 39.3 Å². The maximum Gasteiger partial charge on any atom is 0.297 e. The van der Waals surface area contributed by atoms with Gasteiger partial charge in [-0.1, -0.05) is 27.7 Å². The number of halogens is 1. The first kappa shape index (κ1) is 12.3. The van der Waals surface area contributed by atoms with E-state index in [2.05, 4.69) is 21.2 Å². The lowest BCUT2D eigenvalue weighted by Crippen LogP contribution is -2.19. The second-order valence-electron chi connectivity index (χ2n) is 3.26. The summed E-state index contributed by atoms with van der Waals surface area (Å²) in [6.45, 7) is 2.06. The third kappa shape index (κ3) is 2.58. The van der Waals surface area contributed by atoms with Crippen LogP contribution in [-0.4, -0.2) is 17.6 Å². The number of hydrogen-bond donors (Lipinski definition) is 2. The van der Waals surface area contributed by atoms with E-state index in [-0.39, 0.29) is 16.8 Å². The number of ether oxygens (including phenoxy) is 1. The number of thioether (sulfide) groups is 1. The molecule has 0 saturated heterocycles. The number of anilines is 1. The summed E-state index contributed by atoms with van der Waals surface area (Å²) in [6, 6.07) is 5.52. The monoisotopic (exact) mass is 315 g/mol. The zero-order chi connectivity index (χ0) is 12.4. The van der Waals surface area contributed by atoms with Crippen molar-refractivity contribution in [2.75, 3.05) is 11.9 Å². The number of aliphatic hydroxyl groups excluding tert-OH is 1. The minimum Gasteiger partial charge on any atom is -0.480 e. The number of carbonyl (C=O) groups excluding carboxylic acids is 1. The summed E-state index contributed by atoms with van der Waals surface area (Å²) in [5.74, 6) is -0.684. The van der Waals surface area contributed by atoms with Crippen molar-refractivity contribution in [2.45, 2.75) is 11.8 Å². The first-order chi connectivity index (χ1) is 8.11. The number of aliphatic hydroxyl groups is 1. The number of nitrogens with one attached hydrogen (secondary N) is 1. The van der Waals surface area contributed by atoms with Crippen LogP contribution in [0.4, 0.5) is 5.69 Å². The Morgan fingerprint density at radius 3 is 3.06 bits per heavy atom.